The van der Waals surface area contributed by atoms with Crippen LogP contribution in [0.5, 0.6) is 17.2 Å². The Kier molecular flexibility index (Phi) is 7.31. The second-order valence-electron chi connectivity index (χ2n) is 4.35. The summed E-state index contributed by atoms with van der Waals surface area (Å²) in [6, 6.07) is 3.40. The van der Waals surface area contributed by atoms with E-state index in [1.165, 1.54) is 33.3 Å². The highest BCUT2D eigenvalue weighted by atomic mass is 16.5. The molecule has 1 aromatic rings. The first-order valence-corrected chi connectivity index (χ1v) is 6.77. The predicted octanol–water partition coefficient (Wildman–Crippen LogP) is 2.32. The van der Waals surface area contributed by atoms with E-state index in [-0.39, 0.29) is 0 Å². The number of ether oxygens (including phenoxy) is 5. The summed E-state index contributed by atoms with van der Waals surface area (Å²) < 4.78 is 25.7. The van der Waals surface area contributed by atoms with Crippen molar-refractivity contribution in [3.63, 3.8) is 0 Å². The Labute approximate surface area is 130 Å². The number of amides is 1. The summed E-state index contributed by atoms with van der Waals surface area (Å²) in [5, 5.41) is 0. The van der Waals surface area contributed by atoms with Gasteiger partial charge in [0, 0.05) is 32.4 Å². The molecule has 0 unspecified atom stereocenters. The molecule has 0 spiro atoms. The lowest BCUT2D eigenvalue weighted by Gasteiger charge is -2.23. The SMILES string of the molecule is COCCCN(C(=O)OC)c1cc(OC)c(OC)c(OC)c1. The Morgan fingerprint density at radius 3 is 2.00 bits per heavy atom. The van der Waals surface area contributed by atoms with E-state index in [9.17, 15) is 4.79 Å². The van der Waals surface area contributed by atoms with Crippen molar-refractivity contribution in [2.75, 3.05) is 53.6 Å². The van der Waals surface area contributed by atoms with Crippen LogP contribution in [0.15, 0.2) is 12.1 Å². The van der Waals surface area contributed by atoms with Gasteiger partial charge in [-0.1, -0.05) is 0 Å². The van der Waals surface area contributed by atoms with Gasteiger partial charge < -0.3 is 23.7 Å². The van der Waals surface area contributed by atoms with E-state index in [0.717, 1.165) is 0 Å². The number of hydrogen-bond acceptors (Lipinski definition) is 6. The molecule has 1 rings (SSSR count). The van der Waals surface area contributed by atoms with Gasteiger partial charge in [-0.3, -0.25) is 4.90 Å². The van der Waals surface area contributed by atoms with Crippen LogP contribution in [0.25, 0.3) is 0 Å². The fourth-order valence-corrected chi connectivity index (χ4v) is 2.03. The number of methoxy groups -OCH3 is 5. The normalized spacial score (nSPS) is 10.0. The Morgan fingerprint density at radius 1 is 1.00 bits per heavy atom. The lowest BCUT2D eigenvalue weighted by Crippen LogP contribution is -2.32. The van der Waals surface area contributed by atoms with Gasteiger partial charge in [-0.15, -0.1) is 0 Å². The average Bonchev–Trinajstić information content (AvgIpc) is 2.56. The summed E-state index contributed by atoms with van der Waals surface area (Å²) in [4.78, 5) is 13.5. The minimum atomic E-state index is -0.467. The number of benzene rings is 1. The summed E-state index contributed by atoms with van der Waals surface area (Å²) in [6.07, 6.45) is 0.202. The van der Waals surface area contributed by atoms with E-state index >= 15 is 0 Å². The minimum absolute atomic E-state index is 0.444. The van der Waals surface area contributed by atoms with Crippen molar-refractivity contribution >= 4 is 11.8 Å². The molecule has 0 radical (unpaired) electrons. The summed E-state index contributed by atoms with van der Waals surface area (Å²) in [5.74, 6) is 1.41. The second kappa shape index (κ2) is 8.99. The second-order valence-corrected chi connectivity index (χ2v) is 4.35. The van der Waals surface area contributed by atoms with Crippen LogP contribution in [-0.2, 0) is 9.47 Å². The van der Waals surface area contributed by atoms with Gasteiger partial charge in [0.2, 0.25) is 5.75 Å². The number of rotatable bonds is 8. The maximum Gasteiger partial charge on any atom is 0.413 e. The van der Waals surface area contributed by atoms with Gasteiger partial charge in [-0.05, 0) is 6.42 Å². The van der Waals surface area contributed by atoms with Crippen molar-refractivity contribution in [3.8, 4) is 17.2 Å². The van der Waals surface area contributed by atoms with Crippen molar-refractivity contribution < 1.29 is 28.5 Å². The Hall–Kier alpha value is -2.15. The number of hydrogen-bond donors (Lipinski definition) is 0. The molecule has 0 fully saturated rings. The van der Waals surface area contributed by atoms with Crippen LogP contribution in [0.2, 0.25) is 0 Å². The van der Waals surface area contributed by atoms with Gasteiger partial charge in [0.25, 0.3) is 0 Å². The third-order valence-corrected chi connectivity index (χ3v) is 3.09. The number of carbonyl (C=O) groups excluding carboxylic acids is 1. The number of anilines is 1. The molecular weight excluding hydrogens is 290 g/mol. The van der Waals surface area contributed by atoms with E-state index < -0.39 is 6.09 Å². The summed E-state index contributed by atoms with van der Waals surface area (Å²) in [6.45, 7) is 0.983. The molecule has 0 heterocycles. The number of nitrogens with zero attached hydrogens (tertiary/aromatic N) is 1. The van der Waals surface area contributed by atoms with E-state index in [2.05, 4.69) is 0 Å². The molecule has 0 aliphatic carbocycles. The lowest BCUT2D eigenvalue weighted by atomic mass is 10.2. The van der Waals surface area contributed by atoms with Gasteiger partial charge in [0.1, 0.15) is 0 Å². The zero-order valence-corrected chi connectivity index (χ0v) is 13.7. The first-order chi connectivity index (χ1) is 10.6. The molecule has 22 heavy (non-hydrogen) atoms. The standard InChI is InChI=1S/C15H23NO6/c1-18-8-6-7-16(15(17)22-5)11-9-12(19-2)14(21-4)13(10-11)20-3/h9-10H,6-8H2,1-5H3. The van der Waals surface area contributed by atoms with Crippen molar-refractivity contribution in [1.29, 1.82) is 0 Å². The minimum Gasteiger partial charge on any atom is -0.493 e. The van der Waals surface area contributed by atoms with Gasteiger partial charge in [-0.25, -0.2) is 4.79 Å². The quantitative estimate of drug-likeness (QED) is 0.686. The Bertz CT molecular complexity index is 466. The number of carbonyl (C=O) groups is 1. The monoisotopic (exact) mass is 313 g/mol. The van der Waals surface area contributed by atoms with Crippen molar-refractivity contribution in [2.24, 2.45) is 0 Å². The van der Waals surface area contributed by atoms with Crippen molar-refractivity contribution in [1.82, 2.24) is 0 Å². The van der Waals surface area contributed by atoms with Crippen LogP contribution in [0.1, 0.15) is 6.42 Å². The smallest absolute Gasteiger partial charge is 0.413 e. The molecule has 0 aliphatic heterocycles. The van der Waals surface area contributed by atoms with E-state index in [1.807, 2.05) is 0 Å². The topological polar surface area (TPSA) is 66.5 Å². The average molecular weight is 313 g/mol. The molecule has 0 saturated carbocycles. The van der Waals surface area contributed by atoms with Gasteiger partial charge in [-0.2, -0.15) is 0 Å². The molecule has 0 N–H and O–H groups in total. The molecule has 0 aliphatic rings. The fraction of sp³-hybridized carbons (Fsp3) is 0.533. The highest BCUT2D eigenvalue weighted by Crippen LogP contribution is 2.41. The van der Waals surface area contributed by atoms with Crippen LogP contribution in [0, 0.1) is 0 Å². The molecule has 1 aromatic carbocycles. The third-order valence-electron chi connectivity index (χ3n) is 3.09. The van der Waals surface area contributed by atoms with Crippen molar-refractivity contribution in [2.45, 2.75) is 6.42 Å². The van der Waals surface area contributed by atoms with Gasteiger partial charge in [0.15, 0.2) is 11.5 Å². The van der Waals surface area contributed by atoms with Crippen LogP contribution in [0.3, 0.4) is 0 Å². The van der Waals surface area contributed by atoms with Crippen LogP contribution in [-0.4, -0.2) is 54.8 Å². The van der Waals surface area contributed by atoms with Gasteiger partial charge >= 0.3 is 6.09 Å². The van der Waals surface area contributed by atoms with Crippen LogP contribution in [0.4, 0.5) is 10.5 Å². The molecule has 124 valence electrons. The lowest BCUT2D eigenvalue weighted by molar-refractivity contribution is 0.174. The summed E-state index contributed by atoms with van der Waals surface area (Å²) in [5.41, 5.74) is 0.595. The molecular formula is C15H23NO6. The van der Waals surface area contributed by atoms with Gasteiger partial charge in [0.05, 0.1) is 34.1 Å². The van der Waals surface area contributed by atoms with E-state index in [0.29, 0.717) is 42.5 Å². The maximum atomic E-state index is 12.0. The maximum absolute atomic E-state index is 12.0. The molecule has 0 saturated heterocycles. The fourth-order valence-electron chi connectivity index (χ4n) is 2.03. The summed E-state index contributed by atoms with van der Waals surface area (Å²) in [7, 11) is 7.52. The Balaban J connectivity index is 3.20. The van der Waals surface area contributed by atoms with Crippen molar-refractivity contribution in [3.05, 3.63) is 12.1 Å². The molecule has 7 heteroatoms. The van der Waals surface area contributed by atoms with Crippen LogP contribution >= 0.6 is 0 Å². The first-order valence-electron chi connectivity index (χ1n) is 6.77. The molecule has 7 nitrogen and oxygen atoms in total. The van der Waals surface area contributed by atoms with Crippen LogP contribution < -0.4 is 19.1 Å². The van der Waals surface area contributed by atoms with E-state index in [1.54, 1.807) is 19.2 Å². The highest BCUT2D eigenvalue weighted by molar-refractivity contribution is 5.88. The largest absolute Gasteiger partial charge is 0.493 e. The molecule has 0 bridgehead atoms. The zero-order chi connectivity index (χ0) is 16.5. The first kappa shape index (κ1) is 17.9. The molecule has 0 aromatic heterocycles. The Morgan fingerprint density at radius 2 is 1.59 bits per heavy atom. The van der Waals surface area contributed by atoms with E-state index in [4.69, 9.17) is 23.7 Å². The molecule has 0 atom stereocenters. The third kappa shape index (κ3) is 4.17. The zero-order valence-electron chi connectivity index (χ0n) is 13.7. The predicted molar refractivity (Wildman–Crippen MR) is 82.3 cm³/mol. The highest BCUT2D eigenvalue weighted by Gasteiger charge is 2.21. The summed E-state index contributed by atoms with van der Waals surface area (Å²) >= 11 is 0. The molecule has 1 amide bonds.